The average molecular weight is 322 g/mol. The number of fused-ring (bicyclic) bond motifs is 1. The topological polar surface area (TPSA) is 56.7 Å². The van der Waals surface area contributed by atoms with Gasteiger partial charge >= 0.3 is 0 Å². The van der Waals surface area contributed by atoms with Crippen LogP contribution < -0.4 is 5.73 Å². The van der Waals surface area contributed by atoms with Gasteiger partial charge in [-0.3, -0.25) is 0 Å². The van der Waals surface area contributed by atoms with E-state index in [1.165, 1.54) is 11.1 Å². The van der Waals surface area contributed by atoms with Crippen molar-refractivity contribution < 1.29 is 0 Å². The Balaban J connectivity index is 1.89. The van der Waals surface area contributed by atoms with Crippen LogP contribution in [0.4, 0.5) is 0 Å². The molecule has 0 aliphatic heterocycles. The first-order valence-electron chi connectivity index (χ1n) is 8.69. The number of aromatic nitrogens is 3. The Morgan fingerprint density at radius 3 is 2.54 bits per heavy atom. The third-order valence-electron chi connectivity index (χ3n) is 4.50. The maximum Gasteiger partial charge on any atom is 0.160 e. The number of hydrogen-bond donors (Lipinski definition) is 1. The van der Waals surface area contributed by atoms with Crippen molar-refractivity contribution >= 4 is 11.2 Å². The van der Waals surface area contributed by atoms with Gasteiger partial charge in [-0.15, -0.1) is 0 Å². The van der Waals surface area contributed by atoms with Gasteiger partial charge in [-0.25, -0.2) is 9.97 Å². The second-order valence-corrected chi connectivity index (χ2v) is 6.65. The molecule has 0 spiro atoms. The van der Waals surface area contributed by atoms with Crippen molar-refractivity contribution in [1.29, 1.82) is 0 Å². The summed E-state index contributed by atoms with van der Waals surface area (Å²) in [4.78, 5) is 9.44. The molecule has 3 rings (SSSR count). The first-order chi connectivity index (χ1) is 11.6. The molecule has 0 aliphatic rings. The van der Waals surface area contributed by atoms with E-state index in [0.717, 1.165) is 48.4 Å². The van der Waals surface area contributed by atoms with E-state index in [-0.39, 0.29) is 6.04 Å². The van der Waals surface area contributed by atoms with Crippen LogP contribution in [0.25, 0.3) is 11.2 Å². The summed E-state index contributed by atoms with van der Waals surface area (Å²) in [6.45, 7) is 7.05. The molecule has 4 nitrogen and oxygen atoms in total. The molecule has 126 valence electrons. The van der Waals surface area contributed by atoms with Gasteiger partial charge in [-0.05, 0) is 43.9 Å². The molecule has 3 aromatic rings. The minimum absolute atomic E-state index is 0.128. The lowest BCUT2D eigenvalue weighted by Gasteiger charge is -2.13. The smallest absolute Gasteiger partial charge is 0.160 e. The molecule has 2 N–H and O–H groups in total. The lowest BCUT2D eigenvalue weighted by Crippen LogP contribution is -2.26. The minimum Gasteiger partial charge on any atom is -0.326 e. The van der Waals surface area contributed by atoms with E-state index >= 15 is 0 Å². The molecule has 2 aromatic heterocycles. The predicted molar refractivity (Wildman–Crippen MR) is 99.1 cm³/mol. The van der Waals surface area contributed by atoms with Gasteiger partial charge in [0.25, 0.3) is 0 Å². The summed E-state index contributed by atoms with van der Waals surface area (Å²) in [6.07, 6.45) is 4.73. The van der Waals surface area contributed by atoms with Gasteiger partial charge < -0.3 is 10.3 Å². The summed E-state index contributed by atoms with van der Waals surface area (Å²) in [5.41, 5.74) is 11.9. The van der Waals surface area contributed by atoms with Crippen molar-refractivity contribution in [2.24, 2.45) is 5.73 Å². The SMILES string of the molecule is CCC(N)Cn1c(CCc2ccc(C)cc2)nc2cc(C)cnc21. The molecule has 0 radical (unpaired) electrons. The Kier molecular flexibility index (Phi) is 4.95. The summed E-state index contributed by atoms with van der Waals surface area (Å²) >= 11 is 0. The van der Waals surface area contributed by atoms with Crippen LogP contribution in [0.1, 0.15) is 35.9 Å². The molecular weight excluding hydrogens is 296 g/mol. The molecule has 0 bridgehead atoms. The van der Waals surface area contributed by atoms with Crippen LogP contribution in [0.15, 0.2) is 36.5 Å². The Morgan fingerprint density at radius 1 is 1.08 bits per heavy atom. The lowest BCUT2D eigenvalue weighted by atomic mass is 10.1. The van der Waals surface area contributed by atoms with Crippen molar-refractivity contribution in [3.05, 3.63) is 59.0 Å². The van der Waals surface area contributed by atoms with E-state index in [2.05, 4.69) is 60.7 Å². The van der Waals surface area contributed by atoms with Gasteiger partial charge in [0.15, 0.2) is 5.65 Å². The van der Waals surface area contributed by atoms with Crippen LogP contribution in [0.3, 0.4) is 0 Å². The summed E-state index contributed by atoms with van der Waals surface area (Å²) in [7, 11) is 0. The number of imidazole rings is 1. The summed E-state index contributed by atoms with van der Waals surface area (Å²) in [5.74, 6) is 1.08. The molecule has 1 unspecified atom stereocenters. The fraction of sp³-hybridized carbons (Fsp3) is 0.400. The fourth-order valence-corrected chi connectivity index (χ4v) is 2.92. The van der Waals surface area contributed by atoms with Crippen LogP contribution in [-0.4, -0.2) is 20.6 Å². The molecular formula is C20H26N4. The molecule has 0 saturated heterocycles. The van der Waals surface area contributed by atoms with Gasteiger partial charge in [0, 0.05) is 25.2 Å². The van der Waals surface area contributed by atoms with Crippen molar-refractivity contribution in [3.8, 4) is 0 Å². The third-order valence-corrected chi connectivity index (χ3v) is 4.50. The van der Waals surface area contributed by atoms with Crippen molar-refractivity contribution in [3.63, 3.8) is 0 Å². The van der Waals surface area contributed by atoms with Crippen LogP contribution in [0, 0.1) is 13.8 Å². The lowest BCUT2D eigenvalue weighted by molar-refractivity contribution is 0.529. The quantitative estimate of drug-likeness (QED) is 0.755. The van der Waals surface area contributed by atoms with Gasteiger partial charge in [0.2, 0.25) is 0 Å². The van der Waals surface area contributed by atoms with E-state index in [1.807, 2.05) is 6.20 Å². The molecule has 0 fully saturated rings. The summed E-state index contributed by atoms with van der Waals surface area (Å²) < 4.78 is 2.21. The molecule has 0 aliphatic carbocycles. The molecule has 4 heteroatoms. The molecule has 1 atom stereocenters. The molecule has 0 amide bonds. The number of hydrogen-bond acceptors (Lipinski definition) is 3. The number of pyridine rings is 1. The van der Waals surface area contributed by atoms with E-state index in [0.29, 0.717) is 0 Å². The van der Waals surface area contributed by atoms with Crippen LogP contribution in [0.2, 0.25) is 0 Å². The molecule has 24 heavy (non-hydrogen) atoms. The summed E-state index contributed by atoms with van der Waals surface area (Å²) in [5, 5.41) is 0. The van der Waals surface area contributed by atoms with E-state index < -0.39 is 0 Å². The monoisotopic (exact) mass is 322 g/mol. The molecule has 2 heterocycles. The number of nitrogens with two attached hydrogens (primary N) is 1. The second-order valence-electron chi connectivity index (χ2n) is 6.65. The highest BCUT2D eigenvalue weighted by Crippen LogP contribution is 2.18. The number of benzene rings is 1. The van der Waals surface area contributed by atoms with Crippen molar-refractivity contribution in [2.45, 2.75) is 52.6 Å². The number of aryl methyl sites for hydroxylation is 4. The molecule has 0 saturated carbocycles. The highest BCUT2D eigenvalue weighted by Gasteiger charge is 2.14. The zero-order valence-electron chi connectivity index (χ0n) is 14.8. The third kappa shape index (κ3) is 3.65. The van der Waals surface area contributed by atoms with Gasteiger partial charge in [0.1, 0.15) is 11.3 Å². The highest BCUT2D eigenvalue weighted by molar-refractivity contribution is 5.72. The first-order valence-corrected chi connectivity index (χ1v) is 8.69. The van der Waals surface area contributed by atoms with Crippen molar-refractivity contribution in [1.82, 2.24) is 14.5 Å². The Morgan fingerprint density at radius 2 is 1.83 bits per heavy atom. The summed E-state index contributed by atoms with van der Waals surface area (Å²) in [6, 6.07) is 11.0. The van der Waals surface area contributed by atoms with E-state index in [9.17, 15) is 0 Å². The van der Waals surface area contributed by atoms with Crippen LogP contribution >= 0.6 is 0 Å². The average Bonchev–Trinajstić information content (AvgIpc) is 2.91. The van der Waals surface area contributed by atoms with Crippen LogP contribution in [0.5, 0.6) is 0 Å². The number of nitrogens with zero attached hydrogens (tertiary/aromatic N) is 3. The van der Waals surface area contributed by atoms with E-state index in [1.54, 1.807) is 0 Å². The standard InChI is InChI=1S/C20H26N4/c1-4-17(21)13-24-19(10-9-16-7-5-14(2)6-8-16)23-18-11-15(3)12-22-20(18)24/h5-8,11-12,17H,4,9-10,13,21H2,1-3H3. The zero-order valence-corrected chi connectivity index (χ0v) is 14.8. The van der Waals surface area contributed by atoms with Gasteiger partial charge in [0.05, 0.1) is 0 Å². The highest BCUT2D eigenvalue weighted by atomic mass is 15.1. The maximum absolute atomic E-state index is 6.20. The Hall–Kier alpha value is -2.20. The normalized spacial score (nSPS) is 12.7. The van der Waals surface area contributed by atoms with Gasteiger partial charge in [-0.2, -0.15) is 0 Å². The largest absolute Gasteiger partial charge is 0.326 e. The Bertz CT molecular complexity index is 818. The van der Waals surface area contributed by atoms with Crippen molar-refractivity contribution in [2.75, 3.05) is 0 Å². The Labute approximate surface area is 143 Å². The first kappa shape index (κ1) is 16.7. The van der Waals surface area contributed by atoms with Gasteiger partial charge in [-0.1, -0.05) is 36.8 Å². The zero-order chi connectivity index (χ0) is 17.1. The van der Waals surface area contributed by atoms with E-state index in [4.69, 9.17) is 10.7 Å². The fourth-order valence-electron chi connectivity index (χ4n) is 2.92. The maximum atomic E-state index is 6.20. The molecule has 1 aromatic carbocycles. The number of rotatable bonds is 6. The second kappa shape index (κ2) is 7.14. The predicted octanol–water partition coefficient (Wildman–Crippen LogP) is 3.57. The minimum atomic E-state index is 0.128. The van der Waals surface area contributed by atoms with Crippen LogP contribution in [-0.2, 0) is 19.4 Å².